The number of hydrogen-bond acceptors (Lipinski definition) is 3. The van der Waals surface area contributed by atoms with Gasteiger partial charge < -0.3 is 10.2 Å². The van der Waals surface area contributed by atoms with Gasteiger partial charge in [-0.3, -0.25) is 4.90 Å². The molecule has 1 aliphatic rings. The summed E-state index contributed by atoms with van der Waals surface area (Å²) >= 11 is 0. The molecule has 3 heteroatoms. The van der Waals surface area contributed by atoms with E-state index in [4.69, 9.17) is 0 Å². The average molecular weight is 323 g/mol. The second-order valence-electron chi connectivity index (χ2n) is 6.98. The Morgan fingerprint density at radius 3 is 2.21 bits per heavy atom. The van der Waals surface area contributed by atoms with Gasteiger partial charge in [0, 0.05) is 38.9 Å². The lowest BCUT2D eigenvalue weighted by molar-refractivity contribution is 0.190. The quantitative estimate of drug-likeness (QED) is 0.878. The van der Waals surface area contributed by atoms with Crippen molar-refractivity contribution < 1.29 is 0 Å². The van der Waals surface area contributed by atoms with Crippen molar-refractivity contribution in [1.82, 2.24) is 10.2 Å². The van der Waals surface area contributed by atoms with E-state index < -0.39 is 0 Å². The van der Waals surface area contributed by atoms with E-state index in [1.165, 1.54) is 42.7 Å². The third-order valence-electron chi connectivity index (χ3n) is 4.88. The number of likely N-dealkylation sites (tertiary alicyclic amines) is 1. The van der Waals surface area contributed by atoms with Crippen LogP contribution in [-0.4, -0.2) is 38.1 Å². The van der Waals surface area contributed by atoms with Gasteiger partial charge in [0.05, 0.1) is 0 Å². The smallest absolute Gasteiger partial charge is 0.0361 e. The monoisotopic (exact) mass is 323 g/mol. The van der Waals surface area contributed by atoms with Crippen molar-refractivity contribution in [2.45, 2.75) is 32.0 Å². The molecular weight excluding hydrogens is 294 g/mol. The summed E-state index contributed by atoms with van der Waals surface area (Å²) in [6, 6.07) is 20.3. The molecule has 128 valence electrons. The molecule has 0 amide bonds. The number of piperidine rings is 1. The molecule has 2 aromatic carbocycles. The van der Waals surface area contributed by atoms with E-state index in [9.17, 15) is 0 Å². The Bertz CT molecular complexity index is 599. The van der Waals surface area contributed by atoms with Crippen molar-refractivity contribution in [1.29, 1.82) is 0 Å². The molecule has 3 nitrogen and oxygen atoms in total. The van der Waals surface area contributed by atoms with E-state index >= 15 is 0 Å². The molecule has 3 rings (SSSR count). The lowest BCUT2D eigenvalue weighted by Crippen LogP contribution is -2.41. The molecular formula is C21H29N3. The number of rotatable bonds is 6. The van der Waals surface area contributed by atoms with Crippen LogP contribution in [0.4, 0.5) is 5.69 Å². The molecule has 1 N–H and O–H groups in total. The standard InChI is InChI=1S/C21H29N3/c1-23(2)21-10-8-18(9-11-21)16-22-20-12-14-24(15-13-20)17-19-6-4-3-5-7-19/h3-11,20,22H,12-17H2,1-2H3. The predicted molar refractivity (Wildman–Crippen MR) is 102 cm³/mol. The van der Waals surface area contributed by atoms with Crippen molar-refractivity contribution in [3.8, 4) is 0 Å². The van der Waals surface area contributed by atoms with Crippen LogP contribution in [0.25, 0.3) is 0 Å². The minimum atomic E-state index is 0.644. The highest BCUT2D eigenvalue weighted by Gasteiger charge is 2.18. The van der Waals surface area contributed by atoms with E-state index in [1.807, 2.05) is 0 Å². The normalized spacial score (nSPS) is 16.2. The lowest BCUT2D eigenvalue weighted by atomic mass is 10.0. The summed E-state index contributed by atoms with van der Waals surface area (Å²) in [5, 5.41) is 3.73. The molecule has 0 atom stereocenters. The molecule has 1 fully saturated rings. The first kappa shape index (κ1) is 17.0. The largest absolute Gasteiger partial charge is 0.378 e. The van der Waals surface area contributed by atoms with Gasteiger partial charge in [0.15, 0.2) is 0 Å². The fourth-order valence-corrected chi connectivity index (χ4v) is 3.31. The first-order chi connectivity index (χ1) is 11.7. The van der Waals surface area contributed by atoms with Crippen molar-refractivity contribution in [3.63, 3.8) is 0 Å². The summed E-state index contributed by atoms with van der Waals surface area (Å²) in [5.41, 5.74) is 4.05. The Morgan fingerprint density at radius 1 is 0.917 bits per heavy atom. The Balaban J connectivity index is 1.41. The molecule has 0 unspecified atom stereocenters. The third-order valence-corrected chi connectivity index (χ3v) is 4.88. The minimum absolute atomic E-state index is 0.644. The predicted octanol–water partition coefficient (Wildman–Crippen LogP) is 3.51. The number of nitrogens with one attached hydrogen (secondary N) is 1. The van der Waals surface area contributed by atoms with Crippen LogP contribution in [0.2, 0.25) is 0 Å². The molecule has 24 heavy (non-hydrogen) atoms. The maximum absolute atomic E-state index is 3.73. The minimum Gasteiger partial charge on any atom is -0.378 e. The molecule has 1 heterocycles. The van der Waals surface area contributed by atoms with Gasteiger partial charge in [0.1, 0.15) is 0 Å². The van der Waals surface area contributed by atoms with Gasteiger partial charge in [-0.05, 0) is 49.2 Å². The molecule has 2 aromatic rings. The van der Waals surface area contributed by atoms with Gasteiger partial charge in [-0.25, -0.2) is 0 Å². The number of anilines is 1. The topological polar surface area (TPSA) is 18.5 Å². The maximum Gasteiger partial charge on any atom is 0.0361 e. The van der Waals surface area contributed by atoms with E-state index in [1.54, 1.807) is 0 Å². The first-order valence-electron chi connectivity index (χ1n) is 8.96. The summed E-state index contributed by atoms with van der Waals surface area (Å²) < 4.78 is 0. The number of benzene rings is 2. The summed E-state index contributed by atoms with van der Waals surface area (Å²) in [4.78, 5) is 4.71. The zero-order valence-electron chi connectivity index (χ0n) is 14.9. The Hall–Kier alpha value is -1.84. The van der Waals surface area contributed by atoms with Crippen LogP contribution in [0.5, 0.6) is 0 Å². The van der Waals surface area contributed by atoms with E-state index in [0.717, 1.165) is 13.1 Å². The van der Waals surface area contributed by atoms with Gasteiger partial charge in [-0.15, -0.1) is 0 Å². The van der Waals surface area contributed by atoms with Crippen molar-refractivity contribution in [2.75, 3.05) is 32.1 Å². The molecule has 0 saturated carbocycles. The van der Waals surface area contributed by atoms with Crippen LogP contribution >= 0.6 is 0 Å². The van der Waals surface area contributed by atoms with Crippen LogP contribution in [0.3, 0.4) is 0 Å². The number of nitrogens with zero attached hydrogens (tertiary/aromatic N) is 2. The zero-order chi connectivity index (χ0) is 16.8. The van der Waals surface area contributed by atoms with E-state index in [0.29, 0.717) is 6.04 Å². The Labute approximate surface area is 146 Å². The Morgan fingerprint density at radius 2 is 1.58 bits per heavy atom. The first-order valence-corrected chi connectivity index (χ1v) is 8.96. The van der Waals surface area contributed by atoms with Crippen LogP contribution in [-0.2, 0) is 13.1 Å². The fourth-order valence-electron chi connectivity index (χ4n) is 3.31. The average Bonchev–Trinajstić information content (AvgIpc) is 2.62. The molecule has 0 spiro atoms. The van der Waals surface area contributed by atoms with Crippen molar-refractivity contribution in [3.05, 3.63) is 65.7 Å². The highest BCUT2D eigenvalue weighted by atomic mass is 15.1. The second-order valence-corrected chi connectivity index (χ2v) is 6.98. The third kappa shape index (κ3) is 4.83. The summed E-state index contributed by atoms with van der Waals surface area (Å²) in [5.74, 6) is 0. The van der Waals surface area contributed by atoms with E-state index in [-0.39, 0.29) is 0 Å². The van der Waals surface area contributed by atoms with Gasteiger partial charge in [0.25, 0.3) is 0 Å². The van der Waals surface area contributed by atoms with Crippen LogP contribution < -0.4 is 10.2 Å². The second kappa shape index (κ2) is 8.32. The summed E-state index contributed by atoms with van der Waals surface area (Å²) in [6.07, 6.45) is 2.48. The van der Waals surface area contributed by atoms with Crippen LogP contribution in [0.1, 0.15) is 24.0 Å². The highest BCUT2D eigenvalue weighted by molar-refractivity contribution is 5.45. The van der Waals surface area contributed by atoms with E-state index in [2.05, 4.69) is 83.8 Å². The van der Waals surface area contributed by atoms with Gasteiger partial charge in [-0.2, -0.15) is 0 Å². The summed E-state index contributed by atoms with van der Waals surface area (Å²) in [7, 11) is 4.16. The Kier molecular flexibility index (Phi) is 5.89. The van der Waals surface area contributed by atoms with Crippen molar-refractivity contribution >= 4 is 5.69 Å². The van der Waals surface area contributed by atoms with Crippen molar-refractivity contribution in [2.24, 2.45) is 0 Å². The highest BCUT2D eigenvalue weighted by Crippen LogP contribution is 2.16. The zero-order valence-corrected chi connectivity index (χ0v) is 14.9. The van der Waals surface area contributed by atoms with Crippen LogP contribution in [0.15, 0.2) is 54.6 Å². The fraction of sp³-hybridized carbons (Fsp3) is 0.429. The van der Waals surface area contributed by atoms with Gasteiger partial charge in [-0.1, -0.05) is 42.5 Å². The molecule has 0 bridgehead atoms. The lowest BCUT2D eigenvalue weighted by Gasteiger charge is -2.32. The molecule has 1 saturated heterocycles. The molecule has 0 aliphatic carbocycles. The van der Waals surface area contributed by atoms with Crippen LogP contribution in [0, 0.1) is 0 Å². The SMILES string of the molecule is CN(C)c1ccc(CNC2CCN(Cc3ccccc3)CC2)cc1. The molecule has 0 radical (unpaired) electrons. The van der Waals surface area contributed by atoms with Gasteiger partial charge in [0.2, 0.25) is 0 Å². The molecule has 0 aromatic heterocycles. The van der Waals surface area contributed by atoms with Gasteiger partial charge >= 0.3 is 0 Å². The molecule has 1 aliphatic heterocycles. The number of hydrogen-bond donors (Lipinski definition) is 1. The maximum atomic E-state index is 3.73. The summed E-state index contributed by atoms with van der Waals surface area (Å²) in [6.45, 7) is 4.43.